The maximum Gasteiger partial charge on any atom is 0.373 e. The van der Waals surface area contributed by atoms with Gasteiger partial charge in [-0.05, 0) is 28.7 Å². The normalized spacial score (nSPS) is 11.2. The van der Waals surface area contributed by atoms with Gasteiger partial charge >= 0.3 is 5.97 Å². The molecular weight excluding hydrogens is 264 g/mol. The Hall–Kier alpha value is -2.13. The molecule has 2 aromatic rings. The first-order chi connectivity index (χ1) is 9.96. The predicted molar refractivity (Wildman–Crippen MR) is 82.7 cm³/mol. The van der Waals surface area contributed by atoms with Gasteiger partial charge in [-0.2, -0.15) is 4.89 Å². The zero-order chi connectivity index (χ0) is 15.3. The van der Waals surface area contributed by atoms with Crippen molar-refractivity contribution in [2.45, 2.75) is 20.8 Å². The summed E-state index contributed by atoms with van der Waals surface area (Å²) in [5.74, 6) is -0.475. The summed E-state index contributed by atoms with van der Waals surface area (Å²) in [6, 6.07) is 17.2. The van der Waals surface area contributed by atoms with Crippen LogP contribution in [-0.2, 0) is 9.78 Å². The number of carbonyl (C=O) groups is 1. The average Bonchev–Trinajstić information content (AvgIpc) is 2.47. The number of hydrogen-bond donors (Lipinski definition) is 0. The zero-order valence-corrected chi connectivity index (χ0v) is 12.6. The highest BCUT2D eigenvalue weighted by Crippen LogP contribution is 2.20. The van der Waals surface area contributed by atoms with E-state index in [9.17, 15) is 4.79 Å². The third-order valence-electron chi connectivity index (χ3n) is 2.83. The van der Waals surface area contributed by atoms with Crippen LogP contribution in [0.5, 0.6) is 0 Å². The van der Waals surface area contributed by atoms with Crippen molar-refractivity contribution in [3.63, 3.8) is 0 Å². The average molecular weight is 284 g/mol. The van der Waals surface area contributed by atoms with Crippen LogP contribution in [0.25, 0.3) is 11.1 Å². The molecule has 110 valence electrons. The molecule has 0 aliphatic heterocycles. The van der Waals surface area contributed by atoms with Gasteiger partial charge in [-0.25, -0.2) is 4.79 Å². The number of rotatable bonds is 4. The molecule has 21 heavy (non-hydrogen) atoms. The lowest BCUT2D eigenvalue weighted by Crippen LogP contribution is -2.17. The van der Waals surface area contributed by atoms with Crippen molar-refractivity contribution < 1.29 is 14.6 Å². The lowest BCUT2D eigenvalue weighted by atomic mass is 9.99. The van der Waals surface area contributed by atoms with Crippen molar-refractivity contribution in [3.8, 4) is 11.1 Å². The van der Waals surface area contributed by atoms with Gasteiger partial charge in [-0.3, -0.25) is 4.89 Å². The van der Waals surface area contributed by atoms with E-state index in [1.165, 1.54) is 0 Å². The summed E-state index contributed by atoms with van der Waals surface area (Å²) in [5.41, 5.74) is 2.46. The Kier molecular flexibility index (Phi) is 4.76. The highest BCUT2D eigenvalue weighted by atomic mass is 17.2. The minimum Gasteiger partial charge on any atom is -0.293 e. The SMILES string of the molecule is CC(C)(C)COOC(=O)c1cccc(-c2ccccc2)c1. The van der Waals surface area contributed by atoms with Gasteiger partial charge in [0, 0.05) is 0 Å². The highest BCUT2D eigenvalue weighted by Gasteiger charge is 2.14. The second-order valence-electron chi connectivity index (χ2n) is 6.14. The van der Waals surface area contributed by atoms with Gasteiger partial charge in [0.15, 0.2) is 0 Å². The molecule has 3 nitrogen and oxygen atoms in total. The van der Waals surface area contributed by atoms with Crippen LogP contribution in [0.15, 0.2) is 54.6 Å². The number of carbonyl (C=O) groups excluding carboxylic acids is 1. The molecule has 0 atom stereocenters. The third-order valence-corrected chi connectivity index (χ3v) is 2.83. The molecule has 0 bridgehead atoms. The maximum atomic E-state index is 12.0. The lowest BCUT2D eigenvalue weighted by Gasteiger charge is -2.16. The van der Waals surface area contributed by atoms with Crippen LogP contribution in [0, 0.1) is 5.41 Å². The Balaban J connectivity index is 2.06. The van der Waals surface area contributed by atoms with Gasteiger partial charge < -0.3 is 0 Å². The molecule has 0 radical (unpaired) electrons. The van der Waals surface area contributed by atoms with E-state index in [2.05, 4.69) is 0 Å². The lowest BCUT2D eigenvalue weighted by molar-refractivity contribution is -0.255. The van der Waals surface area contributed by atoms with Crippen LogP contribution in [-0.4, -0.2) is 12.6 Å². The van der Waals surface area contributed by atoms with E-state index in [4.69, 9.17) is 9.78 Å². The van der Waals surface area contributed by atoms with Gasteiger partial charge in [-0.1, -0.05) is 63.2 Å². The quantitative estimate of drug-likeness (QED) is 0.613. The Bertz CT molecular complexity index is 597. The van der Waals surface area contributed by atoms with Gasteiger partial charge in [0.1, 0.15) is 0 Å². The molecule has 0 aliphatic carbocycles. The second kappa shape index (κ2) is 6.55. The molecule has 0 amide bonds. The fourth-order valence-corrected chi connectivity index (χ4v) is 1.76. The van der Waals surface area contributed by atoms with Crippen LogP contribution in [0.4, 0.5) is 0 Å². The first kappa shape index (κ1) is 15.3. The molecule has 3 heteroatoms. The molecule has 0 N–H and O–H groups in total. The summed E-state index contributed by atoms with van der Waals surface area (Å²) >= 11 is 0. The van der Waals surface area contributed by atoms with E-state index in [0.29, 0.717) is 12.2 Å². The van der Waals surface area contributed by atoms with Crippen molar-refractivity contribution >= 4 is 5.97 Å². The summed E-state index contributed by atoms with van der Waals surface area (Å²) in [6.45, 7) is 6.39. The summed E-state index contributed by atoms with van der Waals surface area (Å²) < 4.78 is 0. The summed E-state index contributed by atoms with van der Waals surface area (Å²) in [5, 5.41) is 0. The molecule has 0 spiro atoms. The van der Waals surface area contributed by atoms with E-state index in [0.717, 1.165) is 11.1 Å². The Morgan fingerprint density at radius 1 is 0.952 bits per heavy atom. The summed E-state index contributed by atoms with van der Waals surface area (Å²) in [6.07, 6.45) is 0. The standard InChI is InChI=1S/C18H20O3/c1-18(2,3)13-20-21-17(19)16-11-7-10-15(12-16)14-8-5-4-6-9-14/h4-12H,13H2,1-3H3. The van der Waals surface area contributed by atoms with Crippen LogP contribution >= 0.6 is 0 Å². The molecule has 2 aromatic carbocycles. The molecular formula is C18H20O3. The van der Waals surface area contributed by atoms with Crippen molar-refractivity contribution in [2.24, 2.45) is 5.41 Å². The van der Waals surface area contributed by atoms with Crippen molar-refractivity contribution in [1.29, 1.82) is 0 Å². The Morgan fingerprint density at radius 2 is 1.62 bits per heavy atom. The van der Waals surface area contributed by atoms with E-state index in [1.54, 1.807) is 12.1 Å². The first-order valence-corrected chi connectivity index (χ1v) is 6.95. The van der Waals surface area contributed by atoms with Gasteiger partial charge in [0.2, 0.25) is 0 Å². The number of benzene rings is 2. The Labute approximate surface area is 125 Å². The highest BCUT2D eigenvalue weighted by molar-refractivity contribution is 5.90. The molecule has 0 saturated carbocycles. The van der Waals surface area contributed by atoms with E-state index in [-0.39, 0.29) is 5.41 Å². The molecule has 2 rings (SSSR count). The van der Waals surface area contributed by atoms with Crippen LogP contribution in [0.3, 0.4) is 0 Å². The van der Waals surface area contributed by atoms with Gasteiger partial charge in [0.25, 0.3) is 0 Å². The van der Waals surface area contributed by atoms with Crippen LogP contribution in [0.2, 0.25) is 0 Å². The fourth-order valence-electron chi connectivity index (χ4n) is 1.76. The van der Waals surface area contributed by atoms with E-state index >= 15 is 0 Å². The van der Waals surface area contributed by atoms with Crippen molar-refractivity contribution in [3.05, 3.63) is 60.2 Å². The van der Waals surface area contributed by atoms with E-state index in [1.807, 2.05) is 63.2 Å². The molecule has 0 unspecified atom stereocenters. The number of hydrogen-bond acceptors (Lipinski definition) is 3. The van der Waals surface area contributed by atoms with Gasteiger partial charge in [-0.15, -0.1) is 0 Å². The van der Waals surface area contributed by atoms with E-state index < -0.39 is 5.97 Å². The molecule has 0 saturated heterocycles. The molecule has 0 fully saturated rings. The topological polar surface area (TPSA) is 35.5 Å². The summed E-state index contributed by atoms with van der Waals surface area (Å²) in [4.78, 5) is 21.8. The van der Waals surface area contributed by atoms with Crippen LogP contribution < -0.4 is 0 Å². The van der Waals surface area contributed by atoms with Gasteiger partial charge in [0.05, 0.1) is 12.2 Å². The molecule has 0 heterocycles. The minimum atomic E-state index is -0.475. The largest absolute Gasteiger partial charge is 0.373 e. The smallest absolute Gasteiger partial charge is 0.293 e. The first-order valence-electron chi connectivity index (χ1n) is 6.95. The fraction of sp³-hybridized carbons (Fsp3) is 0.278. The zero-order valence-electron chi connectivity index (χ0n) is 12.6. The summed E-state index contributed by atoms with van der Waals surface area (Å²) in [7, 11) is 0. The third kappa shape index (κ3) is 4.72. The maximum absolute atomic E-state index is 12.0. The van der Waals surface area contributed by atoms with Crippen molar-refractivity contribution in [1.82, 2.24) is 0 Å². The van der Waals surface area contributed by atoms with Crippen molar-refractivity contribution in [2.75, 3.05) is 6.61 Å². The second-order valence-corrected chi connectivity index (χ2v) is 6.14. The predicted octanol–water partition coefficient (Wildman–Crippen LogP) is 4.49. The monoisotopic (exact) mass is 284 g/mol. The minimum absolute atomic E-state index is 0.0494. The van der Waals surface area contributed by atoms with Crippen LogP contribution in [0.1, 0.15) is 31.1 Å². The molecule has 0 aliphatic rings. The Morgan fingerprint density at radius 3 is 2.29 bits per heavy atom. The molecule has 0 aromatic heterocycles.